The van der Waals surface area contributed by atoms with Gasteiger partial charge >= 0.3 is 11.9 Å². The van der Waals surface area contributed by atoms with Gasteiger partial charge < -0.3 is 30.0 Å². The average Bonchev–Trinajstić information content (AvgIpc) is 3.65. The zero-order chi connectivity index (χ0) is 58.3. The van der Waals surface area contributed by atoms with Crippen LogP contribution < -0.4 is 10.6 Å². The van der Waals surface area contributed by atoms with Gasteiger partial charge in [-0.15, -0.1) is 0 Å². The van der Waals surface area contributed by atoms with E-state index >= 15 is 0 Å². The van der Waals surface area contributed by atoms with Gasteiger partial charge in [-0.25, -0.2) is 0 Å². The van der Waals surface area contributed by atoms with Crippen molar-refractivity contribution in [1.29, 1.82) is 0 Å². The highest BCUT2D eigenvalue weighted by Crippen LogP contribution is 2.39. The van der Waals surface area contributed by atoms with Crippen LogP contribution in [0.4, 0.5) is 4.70 Å². The summed E-state index contributed by atoms with van der Waals surface area (Å²) in [6, 6.07) is 69.0. The number of amides is 2. The second-order valence-electron chi connectivity index (χ2n) is 23.2. The van der Waals surface area contributed by atoms with E-state index in [0.29, 0.717) is 32.5 Å². The Bertz CT molecular complexity index is 2780. The van der Waals surface area contributed by atoms with Gasteiger partial charge in [-0.05, 0) is 118 Å². The molecule has 0 aliphatic carbocycles. The normalized spacial score (nSPS) is 13.0. The van der Waals surface area contributed by atoms with Crippen LogP contribution in [0, 0.1) is 23.7 Å². The van der Waals surface area contributed by atoms with Crippen molar-refractivity contribution in [3.05, 3.63) is 251 Å². The van der Waals surface area contributed by atoms with E-state index in [2.05, 4.69) is 24.5 Å². The van der Waals surface area contributed by atoms with Crippen LogP contribution >= 0.6 is 0 Å². The van der Waals surface area contributed by atoms with Crippen LogP contribution in [0.2, 0.25) is 0 Å². The SMILES string of the molecule is C.C[C@H](CC[C@@H](CC(=O)NC(c1ccccc1)(c1ccccc1)c1ccccc1)C(=O)O)COC(C)(C)C.C[C@H](CC[C@@H](CC(=O)NC(c1ccccc1)(c1ccccc1)c1ccccc1)C(=O)OCc1ccccc1)COC(C)(C)C.F. The first-order valence-electron chi connectivity index (χ1n) is 28.5. The number of carboxylic acid groups (broad SMARTS) is 1. The number of benzene rings is 7. The first kappa shape index (κ1) is 67.8. The molecule has 0 aromatic heterocycles. The Morgan fingerprint density at radius 1 is 0.422 bits per heavy atom. The number of rotatable bonds is 26. The molecule has 7 aromatic rings. The van der Waals surface area contributed by atoms with Gasteiger partial charge in [0.1, 0.15) is 17.7 Å². The van der Waals surface area contributed by atoms with E-state index < -0.39 is 28.9 Å². The summed E-state index contributed by atoms with van der Waals surface area (Å²) in [5, 5.41) is 16.6. The fourth-order valence-electron chi connectivity index (χ4n) is 9.92. The topological polar surface area (TPSA) is 140 Å². The molecule has 7 aromatic carbocycles. The summed E-state index contributed by atoms with van der Waals surface area (Å²) in [6.45, 7) is 17.6. The molecular weight excluding hydrogens is 1040 g/mol. The number of halogens is 1. The van der Waals surface area contributed by atoms with Gasteiger partial charge in [0.15, 0.2) is 0 Å². The molecule has 2 amide bonds. The first-order valence-corrected chi connectivity index (χ1v) is 28.5. The van der Waals surface area contributed by atoms with Crippen molar-refractivity contribution < 1.29 is 43.2 Å². The minimum absolute atomic E-state index is 0. The van der Waals surface area contributed by atoms with Crippen LogP contribution in [0.15, 0.2) is 212 Å². The number of aliphatic carboxylic acids is 1. The van der Waals surface area contributed by atoms with E-state index in [9.17, 15) is 24.3 Å². The van der Waals surface area contributed by atoms with E-state index in [1.54, 1.807) is 0 Å². The average molecular weight is 1130 g/mol. The predicted octanol–water partition coefficient (Wildman–Crippen LogP) is 15.3. The third-order valence-electron chi connectivity index (χ3n) is 14.3. The number of nitrogens with one attached hydrogen (secondary N) is 2. The van der Waals surface area contributed by atoms with Gasteiger partial charge in [-0.3, -0.25) is 23.9 Å². The van der Waals surface area contributed by atoms with Crippen LogP contribution in [0.25, 0.3) is 0 Å². The summed E-state index contributed by atoms with van der Waals surface area (Å²) >= 11 is 0. The standard InChI is InChI=1S/C39H45NO4.C32H39NO4.CH4.FH/c1-30(28-44-38(2,3)4)25-26-32(37(42)43-29-31-17-9-5-10-18-31)27-36(41)40-39(33-19-11-6-12-20-33,34-21-13-7-14-22-34)35-23-15-8-16-24-35;1-24(23-37-31(2,3)4)20-21-25(30(35)36)22-29(34)33-32(26-14-8-5-9-15-26,27-16-10-6-11-17-27)28-18-12-7-13-19-28;;/h5-24,30,32H,25-29H2,1-4H3,(H,40,41);5-19,24-25H,20-23H2,1-4H3,(H,33,34)(H,35,36);1H4;1H/t30-,32+;24-,25+;;/m11../s1. The Morgan fingerprint density at radius 2 is 0.687 bits per heavy atom. The Balaban J connectivity index is 0.000000353. The van der Waals surface area contributed by atoms with Gasteiger partial charge in [0, 0.05) is 26.1 Å². The molecule has 11 heteroatoms. The number of carbonyl (C=O) groups excluding carboxylic acids is 3. The predicted molar refractivity (Wildman–Crippen MR) is 332 cm³/mol. The lowest BCUT2D eigenvalue weighted by Gasteiger charge is -2.37. The maximum atomic E-state index is 14.1. The summed E-state index contributed by atoms with van der Waals surface area (Å²) < 4.78 is 17.6. The molecule has 0 unspecified atom stereocenters. The van der Waals surface area contributed by atoms with Crippen LogP contribution in [-0.2, 0) is 51.1 Å². The quantitative estimate of drug-likeness (QED) is 0.0360. The molecule has 442 valence electrons. The second kappa shape index (κ2) is 32.8. The zero-order valence-corrected chi connectivity index (χ0v) is 49.1. The summed E-state index contributed by atoms with van der Waals surface area (Å²) in [5.74, 6) is -2.81. The van der Waals surface area contributed by atoms with E-state index in [-0.39, 0.29) is 72.4 Å². The van der Waals surface area contributed by atoms with Crippen molar-refractivity contribution in [1.82, 2.24) is 10.6 Å². The Kier molecular flexibility index (Phi) is 26.8. The van der Waals surface area contributed by atoms with Crippen LogP contribution in [0.3, 0.4) is 0 Å². The van der Waals surface area contributed by atoms with Crippen molar-refractivity contribution in [3.63, 3.8) is 0 Å². The molecule has 0 saturated carbocycles. The number of carbonyl (C=O) groups is 4. The molecular formula is C72H89FN2O8. The number of carboxylic acids is 1. The number of hydrogen-bond donors (Lipinski definition) is 3. The maximum absolute atomic E-state index is 14.1. The Labute approximate surface area is 493 Å². The zero-order valence-electron chi connectivity index (χ0n) is 49.1. The van der Waals surface area contributed by atoms with Crippen molar-refractivity contribution >= 4 is 23.8 Å². The largest absolute Gasteiger partial charge is 0.481 e. The van der Waals surface area contributed by atoms with Crippen molar-refractivity contribution in [2.24, 2.45) is 23.7 Å². The lowest BCUT2D eigenvalue weighted by molar-refractivity contribution is -0.152. The lowest BCUT2D eigenvalue weighted by atomic mass is 9.76. The maximum Gasteiger partial charge on any atom is 0.309 e. The fourth-order valence-corrected chi connectivity index (χ4v) is 9.92. The van der Waals surface area contributed by atoms with Gasteiger partial charge in [-0.1, -0.05) is 234 Å². The van der Waals surface area contributed by atoms with Gasteiger partial charge in [0.05, 0.1) is 23.0 Å². The Hall–Kier alpha value is -7.73. The van der Waals surface area contributed by atoms with E-state index in [1.807, 2.05) is 254 Å². The van der Waals surface area contributed by atoms with Gasteiger partial charge in [0.2, 0.25) is 11.8 Å². The summed E-state index contributed by atoms with van der Waals surface area (Å²) in [4.78, 5) is 53.4. The first-order chi connectivity index (χ1) is 38.8. The van der Waals surface area contributed by atoms with Gasteiger partial charge in [-0.2, -0.15) is 0 Å². The van der Waals surface area contributed by atoms with Crippen molar-refractivity contribution in [2.45, 2.75) is 130 Å². The summed E-state index contributed by atoms with van der Waals surface area (Å²) in [5.41, 5.74) is 4.03. The Morgan fingerprint density at radius 3 is 0.964 bits per heavy atom. The highest BCUT2D eigenvalue weighted by molar-refractivity contribution is 5.85. The van der Waals surface area contributed by atoms with Crippen molar-refractivity contribution in [3.8, 4) is 0 Å². The molecule has 0 radical (unpaired) electrons. The minimum Gasteiger partial charge on any atom is -0.481 e. The lowest BCUT2D eigenvalue weighted by Crippen LogP contribution is -2.48. The molecule has 10 nitrogen and oxygen atoms in total. The monoisotopic (exact) mass is 1130 g/mol. The van der Waals surface area contributed by atoms with E-state index in [4.69, 9.17) is 14.2 Å². The molecule has 7 rings (SSSR count). The second-order valence-corrected chi connectivity index (χ2v) is 23.2. The fraction of sp³-hybridized carbons (Fsp3) is 0.361. The highest BCUT2D eigenvalue weighted by atomic mass is 19.0. The molecule has 4 atom stereocenters. The summed E-state index contributed by atoms with van der Waals surface area (Å²) in [7, 11) is 0. The number of hydrogen-bond acceptors (Lipinski definition) is 7. The molecule has 83 heavy (non-hydrogen) atoms. The molecule has 3 N–H and O–H groups in total. The highest BCUT2D eigenvalue weighted by Gasteiger charge is 2.40. The van der Waals surface area contributed by atoms with Crippen molar-refractivity contribution in [2.75, 3.05) is 13.2 Å². The molecule has 0 bridgehead atoms. The van der Waals surface area contributed by atoms with Gasteiger partial charge in [0.25, 0.3) is 0 Å². The van der Waals surface area contributed by atoms with Crippen LogP contribution in [0.5, 0.6) is 0 Å². The number of esters is 1. The third-order valence-corrected chi connectivity index (χ3v) is 14.3. The summed E-state index contributed by atoms with van der Waals surface area (Å²) in [6.07, 6.45) is 2.24. The minimum atomic E-state index is -0.961. The molecule has 0 heterocycles. The van der Waals surface area contributed by atoms with E-state index in [1.165, 1.54) is 0 Å². The molecule has 0 aliphatic rings. The molecule has 0 spiro atoms. The molecule has 0 aliphatic heterocycles. The molecule has 0 saturated heterocycles. The smallest absolute Gasteiger partial charge is 0.309 e. The molecule has 0 fully saturated rings. The number of ether oxygens (including phenoxy) is 3. The third kappa shape index (κ3) is 20.6. The van der Waals surface area contributed by atoms with Crippen LogP contribution in [0.1, 0.15) is 140 Å². The van der Waals surface area contributed by atoms with E-state index in [0.717, 1.165) is 45.4 Å². The van der Waals surface area contributed by atoms with Crippen LogP contribution in [-0.4, -0.2) is 53.3 Å².